The molecule has 8 heteroatoms. The van der Waals surface area contributed by atoms with Gasteiger partial charge in [-0.25, -0.2) is 0 Å². The number of halogens is 2. The SMILES string of the molecule is CCN(CCCC(N)(CCCCB(C)O)C(=O)O)Cc1ccc(Cl)c(Cl)c1. The molecule has 0 aliphatic carbocycles. The minimum atomic E-state index is -1.21. The number of nitrogens with zero attached hydrogens (tertiary/aromatic N) is 1. The van der Waals surface area contributed by atoms with Gasteiger partial charge in [-0.05, 0) is 56.4 Å². The molecule has 0 aliphatic rings. The zero-order valence-corrected chi connectivity index (χ0v) is 17.8. The summed E-state index contributed by atoms with van der Waals surface area (Å²) in [5, 5.41) is 19.9. The highest BCUT2D eigenvalue weighted by Gasteiger charge is 2.32. The van der Waals surface area contributed by atoms with Gasteiger partial charge in [0.15, 0.2) is 0 Å². The second-order valence-electron chi connectivity index (χ2n) is 7.28. The largest absolute Gasteiger partial charge is 0.480 e. The minimum Gasteiger partial charge on any atom is -0.480 e. The van der Waals surface area contributed by atoms with E-state index in [1.165, 1.54) is 0 Å². The van der Waals surface area contributed by atoms with Gasteiger partial charge in [-0.3, -0.25) is 9.69 Å². The molecule has 1 aromatic rings. The Morgan fingerprint density at radius 2 is 1.89 bits per heavy atom. The molecule has 0 heterocycles. The lowest BCUT2D eigenvalue weighted by Crippen LogP contribution is -2.48. The fourth-order valence-corrected chi connectivity index (χ4v) is 3.40. The first-order chi connectivity index (χ1) is 12.7. The summed E-state index contributed by atoms with van der Waals surface area (Å²) in [6, 6.07) is 5.60. The highest BCUT2D eigenvalue weighted by atomic mass is 35.5. The van der Waals surface area contributed by atoms with Gasteiger partial charge >= 0.3 is 5.97 Å². The zero-order chi connectivity index (χ0) is 20.4. The van der Waals surface area contributed by atoms with Gasteiger partial charge in [0.25, 0.3) is 6.92 Å². The number of hydrogen-bond acceptors (Lipinski definition) is 4. The van der Waals surface area contributed by atoms with Crippen molar-refractivity contribution >= 4 is 36.1 Å². The van der Waals surface area contributed by atoms with Crippen molar-refractivity contribution in [1.29, 1.82) is 0 Å². The molecule has 0 aliphatic heterocycles. The average Bonchev–Trinajstić information content (AvgIpc) is 2.60. The van der Waals surface area contributed by atoms with Gasteiger partial charge in [0.1, 0.15) is 5.54 Å². The van der Waals surface area contributed by atoms with Gasteiger partial charge in [-0.2, -0.15) is 0 Å². The fraction of sp³-hybridized carbons (Fsp3) is 0.632. The van der Waals surface area contributed by atoms with Crippen LogP contribution in [0.2, 0.25) is 23.2 Å². The smallest absolute Gasteiger partial charge is 0.323 e. The van der Waals surface area contributed by atoms with Crippen molar-refractivity contribution in [2.24, 2.45) is 5.73 Å². The molecule has 152 valence electrons. The summed E-state index contributed by atoms with van der Waals surface area (Å²) in [6.07, 6.45) is 3.71. The van der Waals surface area contributed by atoms with E-state index in [1.807, 2.05) is 12.1 Å². The zero-order valence-electron chi connectivity index (χ0n) is 16.3. The number of carbonyl (C=O) groups is 1. The molecule has 1 aromatic carbocycles. The van der Waals surface area contributed by atoms with E-state index in [2.05, 4.69) is 11.8 Å². The lowest BCUT2D eigenvalue weighted by molar-refractivity contribution is -0.144. The van der Waals surface area contributed by atoms with Crippen molar-refractivity contribution < 1.29 is 14.9 Å². The average molecular weight is 417 g/mol. The molecule has 1 rings (SSSR count). The van der Waals surface area contributed by atoms with Gasteiger partial charge in [0.05, 0.1) is 10.0 Å². The summed E-state index contributed by atoms with van der Waals surface area (Å²) in [4.78, 5) is 13.9. The molecular weight excluding hydrogens is 386 g/mol. The topological polar surface area (TPSA) is 86.8 Å². The van der Waals surface area contributed by atoms with Crippen LogP contribution < -0.4 is 5.73 Å². The molecule has 0 bridgehead atoms. The molecular formula is C19H31BCl2N2O3. The summed E-state index contributed by atoms with van der Waals surface area (Å²) in [5.41, 5.74) is 6.03. The lowest BCUT2D eigenvalue weighted by Gasteiger charge is -2.27. The fourth-order valence-electron chi connectivity index (χ4n) is 3.08. The van der Waals surface area contributed by atoms with E-state index in [-0.39, 0.29) is 6.92 Å². The highest BCUT2D eigenvalue weighted by Crippen LogP contribution is 2.24. The predicted octanol–water partition coefficient (Wildman–Crippen LogP) is 4.16. The van der Waals surface area contributed by atoms with Crippen LogP contribution in [0.25, 0.3) is 0 Å². The van der Waals surface area contributed by atoms with Crippen molar-refractivity contribution in [2.45, 2.75) is 64.3 Å². The van der Waals surface area contributed by atoms with Crippen LogP contribution in [0.1, 0.15) is 44.6 Å². The third-order valence-electron chi connectivity index (χ3n) is 4.86. The maximum atomic E-state index is 11.6. The molecule has 0 saturated carbocycles. The van der Waals surface area contributed by atoms with Crippen molar-refractivity contribution in [1.82, 2.24) is 4.90 Å². The third kappa shape index (κ3) is 8.84. The Labute approximate surface area is 172 Å². The number of aliphatic carboxylic acids is 1. The Morgan fingerprint density at radius 3 is 2.44 bits per heavy atom. The second-order valence-corrected chi connectivity index (χ2v) is 8.09. The molecule has 27 heavy (non-hydrogen) atoms. The van der Waals surface area contributed by atoms with Crippen LogP contribution in [0, 0.1) is 0 Å². The number of nitrogens with two attached hydrogens (primary N) is 1. The Balaban J connectivity index is 2.51. The first kappa shape index (κ1) is 24.3. The number of carboxylic acid groups (broad SMARTS) is 1. The van der Waals surface area contributed by atoms with Crippen molar-refractivity contribution in [3.63, 3.8) is 0 Å². The Bertz CT molecular complexity index is 604. The molecule has 1 unspecified atom stereocenters. The molecule has 0 amide bonds. The van der Waals surface area contributed by atoms with Crippen LogP contribution in [-0.2, 0) is 11.3 Å². The summed E-state index contributed by atoms with van der Waals surface area (Å²) >= 11 is 12.0. The molecule has 0 spiro atoms. The first-order valence-electron chi connectivity index (χ1n) is 9.54. The number of rotatable bonds is 13. The molecule has 0 fully saturated rings. The Hall–Kier alpha value is -0.785. The maximum absolute atomic E-state index is 11.6. The van der Waals surface area contributed by atoms with E-state index in [4.69, 9.17) is 28.9 Å². The standard InChI is InChI=1S/C19H31BCl2N2O3/c1-3-24(14-15-7-8-16(21)17(22)13-15)12-6-10-19(23,18(25)26)9-4-5-11-20(2)27/h7-8,13,27H,3-6,9-12,14,23H2,1-2H3,(H,25,26). The molecule has 0 radical (unpaired) electrons. The predicted molar refractivity (Wildman–Crippen MR) is 114 cm³/mol. The molecule has 5 nitrogen and oxygen atoms in total. The van der Waals surface area contributed by atoms with E-state index in [1.54, 1.807) is 12.9 Å². The van der Waals surface area contributed by atoms with Crippen LogP contribution in [-0.4, -0.2) is 46.5 Å². The van der Waals surface area contributed by atoms with Gasteiger partial charge < -0.3 is 15.9 Å². The van der Waals surface area contributed by atoms with Crippen LogP contribution in [0.15, 0.2) is 18.2 Å². The Kier molecular flexibility index (Phi) is 10.7. The number of hydrogen-bond donors (Lipinski definition) is 3. The second kappa shape index (κ2) is 11.9. The number of carboxylic acids is 1. The van der Waals surface area contributed by atoms with E-state index in [9.17, 15) is 14.9 Å². The van der Waals surface area contributed by atoms with Crippen LogP contribution in [0.5, 0.6) is 0 Å². The lowest BCUT2D eigenvalue weighted by atomic mass is 9.66. The van der Waals surface area contributed by atoms with Crippen molar-refractivity contribution in [3.8, 4) is 0 Å². The van der Waals surface area contributed by atoms with Crippen LogP contribution >= 0.6 is 23.2 Å². The molecule has 0 aromatic heterocycles. The van der Waals surface area contributed by atoms with Gasteiger partial charge in [-0.15, -0.1) is 0 Å². The quantitative estimate of drug-likeness (QED) is 0.332. The van der Waals surface area contributed by atoms with Crippen molar-refractivity contribution in [3.05, 3.63) is 33.8 Å². The van der Waals surface area contributed by atoms with Crippen LogP contribution in [0.3, 0.4) is 0 Å². The van der Waals surface area contributed by atoms with E-state index < -0.39 is 11.5 Å². The van der Waals surface area contributed by atoms with Gasteiger partial charge in [-0.1, -0.05) is 55.9 Å². The number of unbranched alkanes of at least 4 members (excludes halogenated alkanes) is 1. The van der Waals surface area contributed by atoms with Gasteiger partial charge in [0.2, 0.25) is 0 Å². The Morgan fingerprint density at radius 1 is 1.22 bits per heavy atom. The molecule has 1 atom stereocenters. The van der Waals surface area contributed by atoms with E-state index in [0.29, 0.717) is 42.0 Å². The molecule has 0 saturated heterocycles. The first-order valence-corrected chi connectivity index (χ1v) is 10.3. The van der Waals surface area contributed by atoms with Crippen LogP contribution in [0.4, 0.5) is 0 Å². The van der Waals surface area contributed by atoms with Crippen molar-refractivity contribution in [2.75, 3.05) is 13.1 Å². The van der Waals surface area contributed by atoms with E-state index in [0.717, 1.165) is 31.6 Å². The summed E-state index contributed by atoms with van der Waals surface area (Å²) in [5.74, 6) is -0.952. The van der Waals surface area contributed by atoms with Gasteiger partial charge in [0, 0.05) is 6.54 Å². The van der Waals surface area contributed by atoms with E-state index >= 15 is 0 Å². The monoisotopic (exact) mass is 416 g/mol. The summed E-state index contributed by atoms with van der Waals surface area (Å²) in [7, 11) is 0. The number of benzene rings is 1. The minimum absolute atomic E-state index is 0.360. The third-order valence-corrected chi connectivity index (χ3v) is 5.59. The summed E-state index contributed by atoms with van der Waals surface area (Å²) < 4.78 is 0. The molecule has 4 N–H and O–H groups in total. The normalized spacial score (nSPS) is 13.6. The highest BCUT2D eigenvalue weighted by molar-refractivity contribution is 6.48. The summed E-state index contributed by atoms with van der Waals surface area (Å²) in [6.45, 7) is 5.78. The maximum Gasteiger partial charge on any atom is 0.323 e.